The summed E-state index contributed by atoms with van der Waals surface area (Å²) < 4.78 is 17.4. The van der Waals surface area contributed by atoms with Gasteiger partial charge in [0.05, 0.1) is 30.2 Å². The van der Waals surface area contributed by atoms with E-state index in [1.54, 1.807) is 36.4 Å². The second-order valence-corrected chi connectivity index (χ2v) is 7.85. The number of ether oxygens (including phenoxy) is 2. The summed E-state index contributed by atoms with van der Waals surface area (Å²) in [4.78, 5) is 28.4. The quantitative estimate of drug-likeness (QED) is 0.436. The van der Waals surface area contributed by atoms with Gasteiger partial charge in [0.25, 0.3) is 5.91 Å². The maximum Gasteiger partial charge on any atom is 0.297 e. The summed E-state index contributed by atoms with van der Waals surface area (Å²) in [5.74, 6) is 0.711. The number of hydrogen-bond donors (Lipinski definition) is 0. The molecule has 5 rings (SSSR count). The Labute approximate surface area is 187 Å². The van der Waals surface area contributed by atoms with Crippen LogP contribution in [0.15, 0.2) is 57.2 Å². The number of aromatic nitrogens is 2. The Bertz CT molecular complexity index is 1370. The number of hydrogen-bond acceptors (Lipinski definition) is 8. The number of benzene rings is 2. The van der Waals surface area contributed by atoms with Gasteiger partial charge in [0.15, 0.2) is 16.9 Å². The van der Waals surface area contributed by atoms with Crippen molar-refractivity contribution >= 4 is 33.3 Å². The van der Waals surface area contributed by atoms with Crippen LogP contribution in [0.2, 0.25) is 0 Å². The van der Waals surface area contributed by atoms with Crippen molar-refractivity contribution in [2.24, 2.45) is 0 Å². The van der Waals surface area contributed by atoms with Crippen LogP contribution in [0, 0.1) is 0 Å². The monoisotopic (exact) mass is 449 g/mol. The van der Waals surface area contributed by atoms with Crippen molar-refractivity contribution in [3.05, 3.63) is 75.1 Å². The summed E-state index contributed by atoms with van der Waals surface area (Å²) in [7, 11) is 0. The predicted octanol–water partition coefficient (Wildman–Crippen LogP) is 4.19. The average molecular weight is 449 g/mol. The number of carbonyl (C=O) groups excluding carboxylic acids is 1. The molecule has 0 saturated carbocycles. The lowest BCUT2D eigenvalue weighted by Crippen LogP contribution is -2.29. The molecular weight excluding hydrogens is 430 g/mol. The van der Waals surface area contributed by atoms with E-state index in [9.17, 15) is 9.59 Å². The minimum Gasteiger partial charge on any atom is -0.490 e. The largest absolute Gasteiger partial charge is 0.490 e. The first-order valence-electron chi connectivity index (χ1n) is 10.2. The van der Waals surface area contributed by atoms with E-state index in [0.29, 0.717) is 46.4 Å². The van der Waals surface area contributed by atoms with Crippen LogP contribution in [0.1, 0.15) is 41.6 Å². The van der Waals surface area contributed by atoms with Crippen LogP contribution < -0.4 is 19.8 Å². The zero-order chi connectivity index (χ0) is 22.2. The van der Waals surface area contributed by atoms with Gasteiger partial charge in [-0.1, -0.05) is 29.5 Å². The molecule has 0 saturated heterocycles. The van der Waals surface area contributed by atoms with Crippen LogP contribution in [0.5, 0.6) is 11.5 Å². The standard InChI is InChI=1S/C23H19N3O5S/c1-3-29-16-10-9-13(11-17(16)30-4-2)19-18-20(27)14-7-5-6-8-15(14)31-21(18)22(28)26(19)23-25-24-12-32-23/h5-12,19H,3-4H2,1-2H3. The number of rotatable bonds is 6. The number of para-hydroxylation sites is 1. The molecule has 8 nitrogen and oxygen atoms in total. The highest BCUT2D eigenvalue weighted by Crippen LogP contribution is 2.43. The molecule has 3 heterocycles. The fraction of sp³-hybridized carbons (Fsp3) is 0.217. The molecule has 4 aromatic rings. The van der Waals surface area contributed by atoms with Crippen LogP contribution in [-0.4, -0.2) is 29.3 Å². The Kier molecular flexibility index (Phi) is 5.10. The fourth-order valence-corrected chi connectivity index (χ4v) is 4.53. The molecule has 162 valence electrons. The lowest BCUT2D eigenvalue weighted by molar-refractivity contribution is 0.0970. The van der Waals surface area contributed by atoms with Crippen LogP contribution in [0.4, 0.5) is 5.13 Å². The molecule has 2 aromatic heterocycles. The maximum absolute atomic E-state index is 13.5. The lowest BCUT2D eigenvalue weighted by atomic mass is 9.98. The SMILES string of the molecule is CCOc1ccc(C2c3c(oc4ccccc4c3=O)C(=O)N2c2nncs2)cc1OCC. The van der Waals surface area contributed by atoms with Crippen LogP contribution in [0.3, 0.4) is 0 Å². The molecule has 0 fully saturated rings. The summed E-state index contributed by atoms with van der Waals surface area (Å²) in [6.07, 6.45) is 0. The first kappa shape index (κ1) is 20.2. The molecule has 0 bridgehead atoms. The van der Waals surface area contributed by atoms with Gasteiger partial charge in [0.1, 0.15) is 11.1 Å². The molecule has 32 heavy (non-hydrogen) atoms. The van der Waals surface area contributed by atoms with Crippen LogP contribution in [0.25, 0.3) is 11.0 Å². The van der Waals surface area contributed by atoms with Crippen molar-refractivity contribution in [3.8, 4) is 11.5 Å². The van der Waals surface area contributed by atoms with Gasteiger partial charge >= 0.3 is 0 Å². The van der Waals surface area contributed by atoms with Crippen molar-refractivity contribution in [1.82, 2.24) is 10.2 Å². The molecular formula is C23H19N3O5S. The van der Waals surface area contributed by atoms with Crippen LogP contribution >= 0.6 is 11.3 Å². The molecule has 1 unspecified atom stereocenters. The molecule has 1 aliphatic heterocycles. The topological polar surface area (TPSA) is 94.8 Å². The Morgan fingerprint density at radius 1 is 1.06 bits per heavy atom. The molecule has 1 atom stereocenters. The van der Waals surface area contributed by atoms with Crippen molar-refractivity contribution in [1.29, 1.82) is 0 Å². The van der Waals surface area contributed by atoms with E-state index in [0.717, 1.165) is 0 Å². The van der Waals surface area contributed by atoms with E-state index >= 15 is 0 Å². The molecule has 9 heteroatoms. The summed E-state index contributed by atoms with van der Waals surface area (Å²) in [6.45, 7) is 4.70. The minimum atomic E-state index is -0.735. The van der Waals surface area contributed by atoms with Crippen molar-refractivity contribution in [2.75, 3.05) is 18.1 Å². The van der Waals surface area contributed by atoms with E-state index < -0.39 is 11.9 Å². The summed E-state index contributed by atoms with van der Waals surface area (Å²) in [6, 6.07) is 11.6. The Morgan fingerprint density at radius 3 is 2.59 bits per heavy atom. The summed E-state index contributed by atoms with van der Waals surface area (Å²) in [5, 5.41) is 8.76. The summed E-state index contributed by atoms with van der Waals surface area (Å²) >= 11 is 1.21. The van der Waals surface area contributed by atoms with Gasteiger partial charge < -0.3 is 13.9 Å². The second kappa shape index (κ2) is 8.08. The fourth-order valence-electron chi connectivity index (χ4n) is 3.94. The van der Waals surface area contributed by atoms with Gasteiger partial charge in [-0.05, 0) is 43.7 Å². The number of fused-ring (bicyclic) bond motifs is 2. The molecule has 1 aliphatic rings. The van der Waals surface area contributed by atoms with E-state index in [1.807, 2.05) is 19.9 Å². The highest BCUT2D eigenvalue weighted by atomic mass is 32.1. The molecule has 0 aliphatic carbocycles. The highest BCUT2D eigenvalue weighted by molar-refractivity contribution is 7.13. The Morgan fingerprint density at radius 2 is 1.84 bits per heavy atom. The third-order valence-electron chi connectivity index (χ3n) is 5.22. The van der Waals surface area contributed by atoms with Crippen LogP contribution in [-0.2, 0) is 0 Å². The van der Waals surface area contributed by atoms with Gasteiger partial charge in [-0.3, -0.25) is 14.5 Å². The van der Waals surface area contributed by atoms with Crippen molar-refractivity contribution in [2.45, 2.75) is 19.9 Å². The normalized spacial score (nSPS) is 15.2. The number of carbonyl (C=O) groups is 1. The molecule has 1 amide bonds. The number of nitrogens with zero attached hydrogens (tertiary/aromatic N) is 3. The first-order valence-corrected chi connectivity index (χ1v) is 11.1. The zero-order valence-corrected chi connectivity index (χ0v) is 18.2. The van der Waals surface area contributed by atoms with Gasteiger partial charge in [0.2, 0.25) is 10.9 Å². The van der Waals surface area contributed by atoms with E-state index in [-0.39, 0.29) is 16.8 Å². The Hall–Kier alpha value is -3.72. The smallest absolute Gasteiger partial charge is 0.297 e. The molecule has 0 N–H and O–H groups in total. The Balaban J connectivity index is 1.76. The first-order chi connectivity index (χ1) is 15.6. The van der Waals surface area contributed by atoms with Gasteiger partial charge in [0, 0.05) is 0 Å². The molecule has 2 aromatic carbocycles. The zero-order valence-electron chi connectivity index (χ0n) is 17.4. The minimum absolute atomic E-state index is 0.0146. The van der Waals surface area contributed by atoms with Gasteiger partial charge in [-0.2, -0.15) is 0 Å². The van der Waals surface area contributed by atoms with Gasteiger partial charge in [-0.15, -0.1) is 10.2 Å². The highest BCUT2D eigenvalue weighted by Gasteiger charge is 2.45. The summed E-state index contributed by atoms with van der Waals surface area (Å²) in [5.41, 5.74) is 2.61. The van der Waals surface area contributed by atoms with Gasteiger partial charge in [-0.25, -0.2) is 0 Å². The molecule has 0 spiro atoms. The number of amides is 1. The second-order valence-electron chi connectivity index (χ2n) is 7.04. The number of anilines is 1. The van der Waals surface area contributed by atoms with Crippen molar-refractivity contribution in [3.63, 3.8) is 0 Å². The third kappa shape index (κ3) is 3.13. The predicted molar refractivity (Wildman–Crippen MR) is 120 cm³/mol. The maximum atomic E-state index is 13.5. The van der Waals surface area contributed by atoms with Crippen molar-refractivity contribution < 1.29 is 18.7 Å². The molecule has 0 radical (unpaired) electrons. The average Bonchev–Trinajstić information content (AvgIpc) is 3.42. The van der Waals surface area contributed by atoms with E-state index in [4.69, 9.17) is 13.9 Å². The van der Waals surface area contributed by atoms with E-state index in [2.05, 4.69) is 10.2 Å². The van der Waals surface area contributed by atoms with E-state index in [1.165, 1.54) is 21.7 Å². The lowest BCUT2D eigenvalue weighted by Gasteiger charge is -2.23. The third-order valence-corrected chi connectivity index (χ3v) is 5.90.